The molecule has 2 atom stereocenters. The quantitative estimate of drug-likeness (QED) is 0.902. The van der Waals surface area contributed by atoms with E-state index >= 15 is 0 Å². The molecule has 1 aliphatic carbocycles. The van der Waals surface area contributed by atoms with Crippen LogP contribution >= 0.6 is 11.3 Å². The zero-order valence-corrected chi connectivity index (χ0v) is 14.6. The summed E-state index contributed by atoms with van der Waals surface area (Å²) in [5.41, 5.74) is 0.703. The minimum Gasteiger partial charge on any atom is -0.334 e. The molecule has 2 unspecified atom stereocenters. The van der Waals surface area contributed by atoms with Crippen LogP contribution in [0.25, 0.3) is 0 Å². The second kappa shape index (κ2) is 6.89. The van der Waals surface area contributed by atoms with Crippen LogP contribution in [0.1, 0.15) is 72.8 Å². The third-order valence-electron chi connectivity index (χ3n) is 5.93. The van der Waals surface area contributed by atoms with Crippen LogP contribution in [0.5, 0.6) is 0 Å². The number of carbonyl (C=O) groups excluding carboxylic acids is 1. The van der Waals surface area contributed by atoms with Crippen LogP contribution in [-0.4, -0.2) is 41.5 Å². The van der Waals surface area contributed by atoms with Crippen LogP contribution < -0.4 is 5.32 Å². The summed E-state index contributed by atoms with van der Waals surface area (Å²) in [5.74, 6) is 1.48. The van der Waals surface area contributed by atoms with Gasteiger partial charge in [0.2, 0.25) is 0 Å². The van der Waals surface area contributed by atoms with Gasteiger partial charge in [-0.15, -0.1) is 11.3 Å². The van der Waals surface area contributed by atoms with Gasteiger partial charge in [0.05, 0.1) is 5.01 Å². The van der Waals surface area contributed by atoms with Crippen molar-refractivity contribution in [1.82, 2.24) is 15.2 Å². The molecule has 4 nitrogen and oxygen atoms in total. The number of nitrogens with one attached hydrogen (secondary N) is 1. The highest BCUT2D eigenvalue weighted by Gasteiger charge is 2.36. The molecule has 2 aliphatic heterocycles. The van der Waals surface area contributed by atoms with Crippen LogP contribution in [0.3, 0.4) is 0 Å². The number of thiazole rings is 1. The van der Waals surface area contributed by atoms with E-state index in [4.69, 9.17) is 4.98 Å². The Labute approximate surface area is 142 Å². The van der Waals surface area contributed by atoms with Crippen LogP contribution in [0.2, 0.25) is 0 Å². The Morgan fingerprint density at radius 1 is 1.13 bits per heavy atom. The topological polar surface area (TPSA) is 45.2 Å². The van der Waals surface area contributed by atoms with Crippen molar-refractivity contribution >= 4 is 17.2 Å². The zero-order valence-electron chi connectivity index (χ0n) is 13.8. The van der Waals surface area contributed by atoms with Crippen LogP contribution in [0.15, 0.2) is 5.38 Å². The van der Waals surface area contributed by atoms with Crippen LogP contribution in [-0.2, 0) is 0 Å². The van der Waals surface area contributed by atoms with Gasteiger partial charge in [-0.05, 0) is 57.5 Å². The number of hydrogen-bond donors (Lipinski definition) is 1. The second-order valence-electron chi connectivity index (χ2n) is 7.35. The van der Waals surface area contributed by atoms with Gasteiger partial charge < -0.3 is 10.2 Å². The second-order valence-corrected chi connectivity index (χ2v) is 8.24. The van der Waals surface area contributed by atoms with Gasteiger partial charge in [-0.3, -0.25) is 4.79 Å². The van der Waals surface area contributed by atoms with E-state index < -0.39 is 0 Å². The van der Waals surface area contributed by atoms with Crippen molar-refractivity contribution in [3.63, 3.8) is 0 Å². The molecule has 2 saturated heterocycles. The van der Waals surface area contributed by atoms with Gasteiger partial charge in [-0.25, -0.2) is 4.98 Å². The minimum atomic E-state index is 0.193. The maximum absolute atomic E-state index is 13.0. The van der Waals surface area contributed by atoms with E-state index in [0.29, 0.717) is 17.7 Å². The Morgan fingerprint density at radius 2 is 1.91 bits per heavy atom. The Balaban J connectivity index is 1.48. The number of hydrogen-bond acceptors (Lipinski definition) is 4. The summed E-state index contributed by atoms with van der Waals surface area (Å²) in [4.78, 5) is 19.9. The van der Waals surface area contributed by atoms with Crippen molar-refractivity contribution in [3.05, 3.63) is 16.1 Å². The molecular weight excluding hydrogens is 306 g/mol. The molecule has 23 heavy (non-hydrogen) atoms. The molecule has 1 N–H and O–H groups in total. The molecular formula is C18H27N3OS. The number of rotatable bonds is 2. The third kappa shape index (κ3) is 3.18. The number of piperidine rings is 2. The van der Waals surface area contributed by atoms with E-state index in [1.54, 1.807) is 11.3 Å². The lowest BCUT2D eigenvalue weighted by atomic mass is 9.78. The summed E-state index contributed by atoms with van der Waals surface area (Å²) in [6, 6.07) is 0.481. The first kappa shape index (κ1) is 15.6. The predicted molar refractivity (Wildman–Crippen MR) is 93.0 cm³/mol. The van der Waals surface area contributed by atoms with E-state index in [2.05, 4.69) is 10.2 Å². The van der Waals surface area contributed by atoms with E-state index in [0.717, 1.165) is 44.8 Å². The molecule has 4 rings (SSSR count). The molecule has 1 aromatic rings. The smallest absolute Gasteiger partial charge is 0.273 e. The fourth-order valence-corrected chi connectivity index (χ4v) is 5.63. The Kier molecular flexibility index (Phi) is 4.67. The van der Waals surface area contributed by atoms with Gasteiger partial charge in [0.25, 0.3) is 5.91 Å². The van der Waals surface area contributed by atoms with Crippen LogP contribution in [0, 0.1) is 5.92 Å². The highest BCUT2D eigenvalue weighted by Crippen LogP contribution is 2.36. The van der Waals surface area contributed by atoms with Crippen LogP contribution in [0.4, 0.5) is 0 Å². The Bertz CT molecular complexity index is 550. The van der Waals surface area contributed by atoms with Gasteiger partial charge in [0.15, 0.2) is 0 Å². The van der Waals surface area contributed by atoms with E-state index in [1.807, 2.05) is 5.38 Å². The van der Waals surface area contributed by atoms with E-state index in [1.165, 1.54) is 37.1 Å². The van der Waals surface area contributed by atoms with Crippen molar-refractivity contribution in [3.8, 4) is 0 Å². The molecule has 5 heteroatoms. The standard InChI is InChI=1S/C18H27N3OS/c22-18(21-11-3-5-13-4-1-2-6-16(13)21)15-12-23-17(20-15)14-7-9-19-10-8-14/h12-14,16,19H,1-11H2. The molecule has 0 bridgehead atoms. The molecule has 3 fully saturated rings. The lowest BCUT2D eigenvalue weighted by molar-refractivity contribution is 0.0386. The maximum Gasteiger partial charge on any atom is 0.273 e. The van der Waals surface area contributed by atoms with Gasteiger partial charge in [-0.1, -0.05) is 12.8 Å². The largest absolute Gasteiger partial charge is 0.334 e. The molecule has 3 aliphatic rings. The molecule has 126 valence electrons. The maximum atomic E-state index is 13.0. The van der Waals surface area contributed by atoms with Gasteiger partial charge in [0, 0.05) is 23.9 Å². The number of aromatic nitrogens is 1. The summed E-state index contributed by atoms with van der Waals surface area (Å²) >= 11 is 1.69. The van der Waals surface area contributed by atoms with Gasteiger partial charge in [0.1, 0.15) is 5.69 Å². The number of amides is 1. The lowest BCUT2D eigenvalue weighted by Gasteiger charge is -2.43. The minimum absolute atomic E-state index is 0.193. The first-order valence-corrected chi connectivity index (χ1v) is 10.2. The molecule has 0 spiro atoms. The van der Waals surface area contributed by atoms with E-state index in [9.17, 15) is 4.79 Å². The summed E-state index contributed by atoms with van der Waals surface area (Å²) in [6.45, 7) is 3.08. The highest BCUT2D eigenvalue weighted by atomic mass is 32.1. The lowest BCUT2D eigenvalue weighted by Crippen LogP contribution is -2.49. The van der Waals surface area contributed by atoms with E-state index in [-0.39, 0.29) is 5.91 Å². The summed E-state index contributed by atoms with van der Waals surface area (Å²) in [5, 5.41) is 6.58. The third-order valence-corrected chi connectivity index (χ3v) is 6.94. The highest BCUT2D eigenvalue weighted by molar-refractivity contribution is 7.09. The Morgan fingerprint density at radius 3 is 2.78 bits per heavy atom. The monoisotopic (exact) mass is 333 g/mol. The Hall–Kier alpha value is -0.940. The molecule has 0 aromatic carbocycles. The van der Waals surface area contributed by atoms with Gasteiger partial charge >= 0.3 is 0 Å². The van der Waals surface area contributed by atoms with Crippen molar-refractivity contribution < 1.29 is 4.79 Å². The number of fused-ring (bicyclic) bond motifs is 1. The van der Waals surface area contributed by atoms with Crippen molar-refractivity contribution in [2.75, 3.05) is 19.6 Å². The SMILES string of the molecule is O=C(c1csc(C2CCNCC2)n1)N1CCCC2CCCCC21. The summed E-state index contributed by atoms with van der Waals surface area (Å²) < 4.78 is 0. The first-order valence-electron chi connectivity index (χ1n) is 9.30. The average Bonchev–Trinajstić information content (AvgIpc) is 3.11. The number of carbonyl (C=O) groups is 1. The number of likely N-dealkylation sites (tertiary alicyclic amines) is 1. The van der Waals surface area contributed by atoms with Crippen molar-refractivity contribution in [2.24, 2.45) is 5.92 Å². The van der Waals surface area contributed by atoms with Crippen molar-refractivity contribution in [2.45, 2.75) is 63.3 Å². The molecule has 1 aromatic heterocycles. The molecule has 1 saturated carbocycles. The zero-order chi connectivity index (χ0) is 15.6. The van der Waals surface area contributed by atoms with Gasteiger partial charge in [-0.2, -0.15) is 0 Å². The van der Waals surface area contributed by atoms with Crippen molar-refractivity contribution in [1.29, 1.82) is 0 Å². The molecule has 0 radical (unpaired) electrons. The number of nitrogens with zero attached hydrogens (tertiary/aromatic N) is 2. The molecule has 1 amide bonds. The summed E-state index contributed by atoms with van der Waals surface area (Å²) in [7, 11) is 0. The summed E-state index contributed by atoms with van der Waals surface area (Å²) in [6.07, 6.45) is 9.91. The predicted octanol–water partition coefficient (Wildman–Crippen LogP) is 3.40. The fourth-order valence-electron chi connectivity index (χ4n) is 4.67. The first-order chi connectivity index (χ1) is 11.3. The molecule has 3 heterocycles. The average molecular weight is 334 g/mol. The normalized spacial score (nSPS) is 29.3. The fraction of sp³-hybridized carbons (Fsp3) is 0.778.